The van der Waals surface area contributed by atoms with Crippen molar-refractivity contribution in [3.05, 3.63) is 63.6 Å². The Balaban J connectivity index is 1.83. The fourth-order valence-electron chi connectivity index (χ4n) is 2.17. The summed E-state index contributed by atoms with van der Waals surface area (Å²) in [6, 6.07) is 12.0. The second kappa shape index (κ2) is 9.44. The number of aryl methyl sites for hydroxylation is 1. The predicted octanol–water partition coefficient (Wildman–Crippen LogP) is 5.13. The summed E-state index contributed by atoms with van der Waals surface area (Å²) in [7, 11) is 0. The highest BCUT2D eigenvalue weighted by molar-refractivity contribution is 6.42. The Kier molecular flexibility index (Phi) is 7.29. The molecule has 0 saturated heterocycles. The second-order valence-corrected chi connectivity index (χ2v) is 6.37. The fourth-order valence-corrected chi connectivity index (χ4v) is 2.47. The van der Waals surface area contributed by atoms with Crippen LogP contribution in [-0.4, -0.2) is 18.5 Å². The van der Waals surface area contributed by atoms with Crippen LogP contribution in [0.1, 0.15) is 35.7 Å². The minimum absolute atomic E-state index is 0.238. The van der Waals surface area contributed by atoms with Gasteiger partial charge in [0.1, 0.15) is 0 Å². The van der Waals surface area contributed by atoms with Gasteiger partial charge in [0.2, 0.25) is 0 Å². The predicted molar refractivity (Wildman–Crippen MR) is 100 cm³/mol. The summed E-state index contributed by atoms with van der Waals surface area (Å²) in [5.74, 6) is -1.04. The van der Waals surface area contributed by atoms with Gasteiger partial charge in [-0.15, -0.1) is 0 Å². The third kappa shape index (κ3) is 6.07. The third-order valence-electron chi connectivity index (χ3n) is 3.55. The smallest absolute Gasteiger partial charge is 0.338 e. The number of amides is 1. The standard InChI is InChI=1S/C19H19Cl2NO3/c1-2-3-4-13-5-8-15(9-6-13)22-18(23)12-25-19(24)14-7-10-16(20)17(21)11-14/h5-11H,2-4,12H2,1H3,(H,22,23). The molecule has 25 heavy (non-hydrogen) atoms. The van der Waals surface area contributed by atoms with Crippen molar-refractivity contribution < 1.29 is 14.3 Å². The van der Waals surface area contributed by atoms with E-state index in [4.69, 9.17) is 27.9 Å². The maximum absolute atomic E-state index is 11.9. The van der Waals surface area contributed by atoms with Crippen molar-refractivity contribution >= 4 is 40.8 Å². The average Bonchev–Trinajstić information content (AvgIpc) is 2.61. The van der Waals surface area contributed by atoms with Crippen LogP contribution in [0.3, 0.4) is 0 Å². The number of hydrogen-bond acceptors (Lipinski definition) is 3. The molecule has 0 aliphatic rings. The lowest BCUT2D eigenvalue weighted by molar-refractivity contribution is -0.119. The van der Waals surface area contributed by atoms with Gasteiger partial charge in [-0.05, 0) is 48.7 Å². The molecule has 1 amide bonds. The highest BCUT2D eigenvalue weighted by Gasteiger charge is 2.12. The number of anilines is 1. The Labute approximate surface area is 157 Å². The lowest BCUT2D eigenvalue weighted by Gasteiger charge is -2.08. The molecule has 0 unspecified atom stereocenters. The zero-order chi connectivity index (χ0) is 18.2. The Morgan fingerprint density at radius 2 is 1.76 bits per heavy atom. The van der Waals surface area contributed by atoms with Gasteiger partial charge < -0.3 is 10.1 Å². The van der Waals surface area contributed by atoms with E-state index >= 15 is 0 Å². The quantitative estimate of drug-likeness (QED) is 0.678. The van der Waals surface area contributed by atoms with E-state index in [-0.39, 0.29) is 17.2 Å². The number of halogens is 2. The van der Waals surface area contributed by atoms with Crippen molar-refractivity contribution in [3.8, 4) is 0 Å². The van der Waals surface area contributed by atoms with E-state index < -0.39 is 11.9 Å². The molecule has 6 heteroatoms. The van der Waals surface area contributed by atoms with Gasteiger partial charge in [-0.25, -0.2) is 4.79 Å². The largest absolute Gasteiger partial charge is 0.452 e. The number of esters is 1. The summed E-state index contributed by atoms with van der Waals surface area (Å²) in [6.07, 6.45) is 3.30. The van der Waals surface area contributed by atoms with Gasteiger partial charge in [0.15, 0.2) is 6.61 Å². The van der Waals surface area contributed by atoms with Crippen molar-refractivity contribution in [1.82, 2.24) is 0 Å². The molecule has 0 radical (unpaired) electrons. The van der Waals surface area contributed by atoms with E-state index in [0.29, 0.717) is 10.7 Å². The molecule has 0 aliphatic heterocycles. The van der Waals surface area contributed by atoms with E-state index in [1.54, 1.807) is 0 Å². The van der Waals surface area contributed by atoms with Crippen molar-refractivity contribution in [2.45, 2.75) is 26.2 Å². The highest BCUT2D eigenvalue weighted by Crippen LogP contribution is 2.22. The monoisotopic (exact) mass is 379 g/mol. The summed E-state index contributed by atoms with van der Waals surface area (Å²) >= 11 is 11.6. The maximum Gasteiger partial charge on any atom is 0.338 e. The zero-order valence-corrected chi connectivity index (χ0v) is 15.4. The molecule has 2 aromatic rings. The first-order valence-corrected chi connectivity index (χ1v) is 8.76. The van der Waals surface area contributed by atoms with Crippen LogP contribution in [0, 0.1) is 0 Å². The molecule has 2 aromatic carbocycles. The summed E-state index contributed by atoms with van der Waals surface area (Å²) in [5, 5.41) is 3.29. The Morgan fingerprint density at radius 3 is 2.40 bits per heavy atom. The third-order valence-corrected chi connectivity index (χ3v) is 4.29. The van der Waals surface area contributed by atoms with Gasteiger partial charge in [0.25, 0.3) is 5.91 Å². The molecule has 0 aliphatic carbocycles. The topological polar surface area (TPSA) is 55.4 Å². The minimum Gasteiger partial charge on any atom is -0.452 e. The Morgan fingerprint density at radius 1 is 1.04 bits per heavy atom. The molecule has 2 rings (SSSR count). The first-order chi connectivity index (χ1) is 12.0. The van der Waals surface area contributed by atoms with E-state index in [1.807, 2.05) is 24.3 Å². The van der Waals surface area contributed by atoms with Gasteiger partial charge in [0.05, 0.1) is 15.6 Å². The fraction of sp³-hybridized carbons (Fsp3) is 0.263. The van der Waals surface area contributed by atoms with Gasteiger partial charge in [-0.2, -0.15) is 0 Å². The lowest BCUT2D eigenvalue weighted by atomic mass is 10.1. The van der Waals surface area contributed by atoms with E-state index in [0.717, 1.165) is 19.3 Å². The number of carbonyl (C=O) groups excluding carboxylic acids is 2. The van der Waals surface area contributed by atoms with Gasteiger partial charge in [0, 0.05) is 5.69 Å². The molecule has 1 N–H and O–H groups in total. The van der Waals surface area contributed by atoms with Crippen LogP contribution in [0.4, 0.5) is 5.69 Å². The number of nitrogens with one attached hydrogen (secondary N) is 1. The van der Waals surface area contributed by atoms with Gasteiger partial charge in [-0.1, -0.05) is 48.7 Å². The lowest BCUT2D eigenvalue weighted by Crippen LogP contribution is -2.20. The molecule has 0 saturated carbocycles. The van der Waals surface area contributed by atoms with E-state index in [9.17, 15) is 9.59 Å². The second-order valence-electron chi connectivity index (χ2n) is 5.55. The van der Waals surface area contributed by atoms with Crippen LogP contribution in [-0.2, 0) is 16.0 Å². The van der Waals surface area contributed by atoms with Crippen LogP contribution < -0.4 is 5.32 Å². The number of benzene rings is 2. The number of ether oxygens (including phenoxy) is 1. The van der Waals surface area contributed by atoms with Crippen LogP contribution in [0.2, 0.25) is 10.0 Å². The molecule has 0 aromatic heterocycles. The van der Waals surface area contributed by atoms with Crippen molar-refractivity contribution in [3.63, 3.8) is 0 Å². The zero-order valence-electron chi connectivity index (χ0n) is 13.9. The molecule has 0 spiro atoms. The normalized spacial score (nSPS) is 10.4. The van der Waals surface area contributed by atoms with E-state index in [2.05, 4.69) is 12.2 Å². The minimum atomic E-state index is -0.636. The number of hydrogen-bond donors (Lipinski definition) is 1. The molecule has 0 heterocycles. The van der Waals surface area contributed by atoms with Crippen molar-refractivity contribution in [1.29, 1.82) is 0 Å². The summed E-state index contributed by atoms with van der Waals surface area (Å²) in [4.78, 5) is 23.8. The van der Waals surface area contributed by atoms with E-state index in [1.165, 1.54) is 23.8 Å². The molecular formula is C19H19Cl2NO3. The molecule has 0 atom stereocenters. The van der Waals surface area contributed by atoms with Crippen molar-refractivity contribution in [2.24, 2.45) is 0 Å². The van der Waals surface area contributed by atoms with Gasteiger partial charge in [-0.3, -0.25) is 4.79 Å². The molecular weight excluding hydrogens is 361 g/mol. The number of rotatable bonds is 7. The van der Waals surface area contributed by atoms with Crippen LogP contribution in [0.15, 0.2) is 42.5 Å². The molecule has 132 valence electrons. The number of unbranched alkanes of at least 4 members (excludes halogenated alkanes) is 1. The van der Waals surface area contributed by atoms with Crippen LogP contribution >= 0.6 is 23.2 Å². The average molecular weight is 380 g/mol. The summed E-state index contributed by atoms with van der Waals surface area (Å²) < 4.78 is 4.98. The highest BCUT2D eigenvalue weighted by atomic mass is 35.5. The summed E-state index contributed by atoms with van der Waals surface area (Å²) in [5.41, 5.74) is 2.13. The first-order valence-electron chi connectivity index (χ1n) is 8.00. The van der Waals surface area contributed by atoms with Crippen LogP contribution in [0.5, 0.6) is 0 Å². The first kappa shape index (κ1) is 19.3. The number of carbonyl (C=O) groups is 2. The molecule has 0 fully saturated rings. The Bertz CT molecular complexity index is 745. The molecule has 0 bridgehead atoms. The van der Waals surface area contributed by atoms with Gasteiger partial charge >= 0.3 is 5.97 Å². The molecule has 4 nitrogen and oxygen atoms in total. The summed E-state index contributed by atoms with van der Waals surface area (Å²) in [6.45, 7) is 1.77. The van der Waals surface area contributed by atoms with Crippen molar-refractivity contribution in [2.75, 3.05) is 11.9 Å². The van der Waals surface area contributed by atoms with Crippen LogP contribution in [0.25, 0.3) is 0 Å². The Hall–Kier alpha value is -2.04. The SMILES string of the molecule is CCCCc1ccc(NC(=O)COC(=O)c2ccc(Cl)c(Cl)c2)cc1. The maximum atomic E-state index is 11.9.